The zero-order valence-electron chi connectivity index (χ0n) is 16.3. The molecule has 3 N–H and O–H groups in total. The van der Waals surface area contributed by atoms with Gasteiger partial charge in [-0.3, -0.25) is 4.79 Å². The summed E-state index contributed by atoms with van der Waals surface area (Å²) in [7, 11) is 1.39. The maximum absolute atomic E-state index is 13.1. The van der Waals surface area contributed by atoms with E-state index in [2.05, 4.69) is 5.32 Å². The molecule has 8 heteroatoms. The molecule has 3 rings (SSSR count). The van der Waals surface area contributed by atoms with Crippen molar-refractivity contribution in [1.82, 2.24) is 0 Å². The topological polar surface area (TPSA) is 109 Å². The number of phenols is 1. The first-order valence-corrected chi connectivity index (χ1v) is 9.04. The number of benzene rings is 2. The quantitative estimate of drug-likeness (QED) is 0.569. The number of rotatable bonds is 6. The van der Waals surface area contributed by atoms with Crippen LogP contribution in [0.3, 0.4) is 0 Å². The molecule has 2 aromatic carbocycles. The van der Waals surface area contributed by atoms with Gasteiger partial charge in [0.15, 0.2) is 11.5 Å². The van der Waals surface area contributed by atoms with E-state index >= 15 is 0 Å². The van der Waals surface area contributed by atoms with Crippen molar-refractivity contribution in [1.29, 1.82) is 0 Å². The monoisotopic (exact) mass is 413 g/mol. The molecule has 156 valence electrons. The van der Waals surface area contributed by atoms with Crippen molar-refractivity contribution < 1.29 is 28.6 Å². The Morgan fingerprint density at radius 3 is 2.43 bits per heavy atom. The number of anilines is 1. The van der Waals surface area contributed by atoms with Crippen molar-refractivity contribution in [2.75, 3.05) is 12.4 Å². The molecule has 1 aromatic heterocycles. The first-order chi connectivity index (χ1) is 14.3. The largest absolute Gasteiger partial charge is 0.507 e. The second kappa shape index (κ2) is 8.69. The molecule has 7 nitrogen and oxygen atoms in total. The molecule has 0 bridgehead atoms. The van der Waals surface area contributed by atoms with E-state index in [4.69, 9.17) is 9.15 Å². The molecule has 0 saturated heterocycles. The summed E-state index contributed by atoms with van der Waals surface area (Å²) in [5.74, 6) is -1.92. The number of amides is 1. The van der Waals surface area contributed by atoms with Crippen molar-refractivity contribution in [3.63, 3.8) is 0 Å². The molecule has 30 heavy (non-hydrogen) atoms. The molecular formula is C22H20FNO6. The summed E-state index contributed by atoms with van der Waals surface area (Å²) in [5.41, 5.74) is -0.131. The number of aryl methyl sites for hydroxylation is 1. The van der Waals surface area contributed by atoms with Crippen molar-refractivity contribution in [3.05, 3.63) is 81.7 Å². The lowest BCUT2D eigenvalue weighted by molar-refractivity contribution is -0.116. The summed E-state index contributed by atoms with van der Waals surface area (Å²) in [6.07, 6.45) is -0.246. The predicted octanol–water partition coefficient (Wildman–Crippen LogP) is 3.67. The number of aromatic hydroxyl groups is 2. The lowest BCUT2D eigenvalue weighted by Crippen LogP contribution is -2.21. The second-order valence-corrected chi connectivity index (χ2v) is 6.69. The van der Waals surface area contributed by atoms with Crippen LogP contribution in [0.5, 0.6) is 17.2 Å². The van der Waals surface area contributed by atoms with Gasteiger partial charge in [0.25, 0.3) is 0 Å². The third-order valence-corrected chi connectivity index (χ3v) is 4.56. The minimum absolute atomic E-state index is 0.112. The molecule has 1 amide bonds. The van der Waals surface area contributed by atoms with E-state index in [1.807, 2.05) is 0 Å². The summed E-state index contributed by atoms with van der Waals surface area (Å²) in [6, 6.07) is 10.9. The molecule has 1 heterocycles. The van der Waals surface area contributed by atoms with Gasteiger partial charge < -0.3 is 24.7 Å². The molecule has 0 aliphatic heterocycles. The summed E-state index contributed by atoms with van der Waals surface area (Å²) in [6.45, 7) is 1.51. The van der Waals surface area contributed by atoms with Crippen molar-refractivity contribution in [2.24, 2.45) is 0 Å². The van der Waals surface area contributed by atoms with Gasteiger partial charge >= 0.3 is 5.63 Å². The highest BCUT2D eigenvalue weighted by Gasteiger charge is 2.26. The minimum atomic E-state index is -0.917. The zero-order chi connectivity index (χ0) is 21.8. The first-order valence-electron chi connectivity index (χ1n) is 9.04. The zero-order valence-corrected chi connectivity index (χ0v) is 16.3. The molecular weight excluding hydrogens is 393 g/mol. The number of halogens is 1. The highest BCUT2D eigenvalue weighted by atomic mass is 19.1. The third kappa shape index (κ3) is 4.60. The van der Waals surface area contributed by atoms with E-state index in [1.165, 1.54) is 56.5 Å². The van der Waals surface area contributed by atoms with Crippen LogP contribution in [-0.4, -0.2) is 23.2 Å². The average molecular weight is 413 g/mol. The van der Waals surface area contributed by atoms with Gasteiger partial charge in [0.1, 0.15) is 17.3 Å². The fourth-order valence-electron chi connectivity index (χ4n) is 3.17. The second-order valence-electron chi connectivity index (χ2n) is 6.69. The number of carbonyl (C=O) groups excluding carboxylic acids is 1. The van der Waals surface area contributed by atoms with E-state index < -0.39 is 23.3 Å². The Morgan fingerprint density at radius 2 is 1.83 bits per heavy atom. The van der Waals surface area contributed by atoms with Gasteiger partial charge in [-0.2, -0.15) is 0 Å². The van der Waals surface area contributed by atoms with E-state index in [1.54, 1.807) is 6.07 Å². The number of nitrogens with one attached hydrogen (secondary N) is 1. The van der Waals surface area contributed by atoms with Crippen LogP contribution in [0, 0.1) is 12.7 Å². The summed E-state index contributed by atoms with van der Waals surface area (Å²) in [5, 5.41) is 23.1. The number of phenolic OH excluding ortho intramolecular Hbond substituents is 1. The summed E-state index contributed by atoms with van der Waals surface area (Å²) in [4.78, 5) is 25.1. The van der Waals surface area contributed by atoms with Crippen LogP contribution in [0.1, 0.15) is 29.2 Å². The standard InChI is InChI=1S/C22H20FNO6/c1-12-9-18(26)21(22(28)30-12)16(13-3-8-19(29-2)17(25)10-13)11-20(27)24-15-6-4-14(23)5-7-15/h3-10,16,25-26H,11H2,1-2H3,(H,24,27). The maximum Gasteiger partial charge on any atom is 0.343 e. The van der Waals surface area contributed by atoms with Crippen LogP contribution in [0.15, 0.2) is 57.7 Å². The minimum Gasteiger partial charge on any atom is -0.507 e. The molecule has 1 atom stereocenters. The highest BCUT2D eigenvalue weighted by molar-refractivity contribution is 5.91. The number of carbonyl (C=O) groups is 1. The van der Waals surface area contributed by atoms with Crippen LogP contribution in [0.25, 0.3) is 0 Å². The Hall–Kier alpha value is -3.81. The third-order valence-electron chi connectivity index (χ3n) is 4.56. The number of hydrogen-bond acceptors (Lipinski definition) is 6. The van der Waals surface area contributed by atoms with Crippen molar-refractivity contribution >= 4 is 11.6 Å². The Labute approximate surface area is 171 Å². The van der Waals surface area contributed by atoms with Gasteiger partial charge in [-0.25, -0.2) is 9.18 Å². The molecule has 3 aromatic rings. The maximum atomic E-state index is 13.1. The number of hydrogen-bond donors (Lipinski definition) is 3. The molecule has 1 unspecified atom stereocenters. The number of ether oxygens (including phenoxy) is 1. The van der Waals surface area contributed by atoms with Crippen LogP contribution in [0.4, 0.5) is 10.1 Å². The van der Waals surface area contributed by atoms with E-state index in [-0.39, 0.29) is 35.0 Å². The van der Waals surface area contributed by atoms with Crippen molar-refractivity contribution in [3.8, 4) is 17.2 Å². The van der Waals surface area contributed by atoms with Crippen LogP contribution >= 0.6 is 0 Å². The van der Waals surface area contributed by atoms with Gasteiger partial charge in [-0.1, -0.05) is 6.07 Å². The van der Waals surface area contributed by atoms with Crippen molar-refractivity contribution in [2.45, 2.75) is 19.3 Å². The summed E-state index contributed by atoms with van der Waals surface area (Å²) < 4.78 is 23.2. The smallest absolute Gasteiger partial charge is 0.343 e. The van der Waals surface area contributed by atoms with Gasteiger partial charge in [-0.15, -0.1) is 0 Å². The first kappa shape index (κ1) is 20.9. The van der Waals surface area contributed by atoms with Gasteiger partial charge in [-0.05, 0) is 48.9 Å². The summed E-state index contributed by atoms with van der Waals surface area (Å²) >= 11 is 0. The predicted molar refractivity (Wildman–Crippen MR) is 108 cm³/mol. The Balaban J connectivity index is 1.99. The van der Waals surface area contributed by atoms with Crippen LogP contribution in [-0.2, 0) is 4.79 Å². The van der Waals surface area contributed by atoms with Gasteiger partial charge in [0, 0.05) is 24.1 Å². The van der Waals surface area contributed by atoms with Gasteiger partial charge in [0.2, 0.25) is 5.91 Å². The Kier molecular flexibility index (Phi) is 6.06. The lowest BCUT2D eigenvalue weighted by atomic mass is 9.88. The molecule has 0 aliphatic rings. The van der Waals surface area contributed by atoms with Crippen LogP contribution < -0.4 is 15.7 Å². The normalized spacial score (nSPS) is 11.7. The van der Waals surface area contributed by atoms with E-state index in [0.29, 0.717) is 11.3 Å². The Bertz CT molecular complexity index is 1120. The molecule has 0 radical (unpaired) electrons. The average Bonchev–Trinajstić information content (AvgIpc) is 2.68. The molecule has 0 saturated carbocycles. The lowest BCUT2D eigenvalue weighted by Gasteiger charge is -2.19. The van der Waals surface area contributed by atoms with Gasteiger partial charge in [0.05, 0.1) is 12.7 Å². The number of methoxy groups -OCH3 is 1. The van der Waals surface area contributed by atoms with E-state index in [9.17, 15) is 24.2 Å². The fraction of sp³-hybridized carbons (Fsp3) is 0.182. The Morgan fingerprint density at radius 1 is 1.13 bits per heavy atom. The van der Waals surface area contributed by atoms with E-state index in [0.717, 1.165) is 0 Å². The molecule has 0 aliphatic carbocycles. The molecule has 0 spiro atoms. The fourth-order valence-corrected chi connectivity index (χ4v) is 3.17. The molecule has 0 fully saturated rings. The van der Waals surface area contributed by atoms with Crippen LogP contribution in [0.2, 0.25) is 0 Å². The SMILES string of the molecule is COc1ccc(C(CC(=O)Nc2ccc(F)cc2)c2c(O)cc(C)oc2=O)cc1O. The highest BCUT2D eigenvalue weighted by Crippen LogP contribution is 2.36.